The van der Waals surface area contributed by atoms with Crippen molar-refractivity contribution in [2.45, 2.75) is 32.4 Å². The van der Waals surface area contributed by atoms with E-state index in [1.807, 2.05) is 36.4 Å². The SMILES string of the molecule is COc1ccc(-c2nnc(NC3CCN(Cc4ccc(OC)c(C)c4)CC3)c3cc(OC)ccc23)cc1. The second-order valence-corrected chi connectivity index (χ2v) is 9.54. The standard InChI is InChI=1S/C30H34N4O3/c1-20-17-21(5-12-28(20)37-4)19-34-15-13-23(14-16-34)31-30-27-18-25(36-3)10-11-26(27)29(32-33-30)22-6-8-24(35-2)9-7-22/h5-12,17-18,23H,13-16,19H2,1-4H3,(H,31,33). The molecule has 7 nitrogen and oxygen atoms in total. The van der Waals surface area contributed by atoms with Crippen LogP contribution < -0.4 is 19.5 Å². The zero-order chi connectivity index (χ0) is 25.8. The number of anilines is 1. The van der Waals surface area contributed by atoms with Gasteiger partial charge < -0.3 is 19.5 Å². The summed E-state index contributed by atoms with van der Waals surface area (Å²) >= 11 is 0. The third-order valence-corrected chi connectivity index (χ3v) is 7.14. The van der Waals surface area contributed by atoms with E-state index in [1.54, 1.807) is 21.3 Å². The zero-order valence-electron chi connectivity index (χ0n) is 22.0. The molecule has 1 fully saturated rings. The van der Waals surface area contributed by atoms with Crippen molar-refractivity contribution in [3.05, 3.63) is 71.8 Å². The van der Waals surface area contributed by atoms with Crippen LogP contribution >= 0.6 is 0 Å². The summed E-state index contributed by atoms with van der Waals surface area (Å²) < 4.78 is 16.2. The Morgan fingerprint density at radius 3 is 2.22 bits per heavy atom. The van der Waals surface area contributed by atoms with Crippen LogP contribution in [0.5, 0.6) is 17.2 Å². The van der Waals surface area contributed by atoms with Gasteiger partial charge in [0, 0.05) is 42.0 Å². The number of rotatable bonds is 8. The molecule has 2 heterocycles. The monoisotopic (exact) mass is 498 g/mol. The average molecular weight is 499 g/mol. The third kappa shape index (κ3) is 5.47. The van der Waals surface area contributed by atoms with Gasteiger partial charge in [0.25, 0.3) is 0 Å². The largest absolute Gasteiger partial charge is 0.497 e. The number of methoxy groups -OCH3 is 3. The van der Waals surface area contributed by atoms with E-state index < -0.39 is 0 Å². The maximum Gasteiger partial charge on any atom is 0.156 e. The molecule has 1 N–H and O–H groups in total. The highest BCUT2D eigenvalue weighted by atomic mass is 16.5. The topological polar surface area (TPSA) is 68.7 Å². The first-order valence-electron chi connectivity index (χ1n) is 12.7. The molecule has 0 atom stereocenters. The van der Waals surface area contributed by atoms with Gasteiger partial charge in [0.1, 0.15) is 22.9 Å². The number of likely N-dealkylation sites (tertiary alicyclic amines) is 1. The molecule has 0 amide bonds. The van der Waals surface area contributed by atoms with E-state index in [2.05, 4.69) is 51.6 Å². The molecular formula is C30H34N4O3. The fraction of sp³-hybridized carbons (Fsp3) is 0.333. The van der Waals surface area contributed by atoms with Crippen LogP contribution in [-0.4, -0.2) is 55.6 Å². The maximum absolute atomic E-state index is 5.53. The summed E-state index contributed by atoms with van der Waals surface area (Å²) in [7, 11) is 5.07. The number of hydrogen-bond donors (Lipinski definition) is 1. The Labute approximate surface area is 218 Å². The lowest BCUT2D eigenvalue weighted by Gasteiger charge is -2.32. The predicted molar refractivity (Wildman–Crippen MR) is 148 cm³/mol. The zero-order valence-corrected chi connectivity index (χ0v) is 22.0. The lowest BCUT2D eigenvalue weighted by Crippen LogP contribution is -2.38. The van der Waals surface area contributed by atoms with Crippen molar-refractivity contribution in [2.75, 3.05) is 39.7 Å². The molecule has 1 aromatic heterocycles. The van der Waals surface area contributed by atoms with Crippen molar-refractivity contribution < 1.29 is 14.2 Å². The number of aryl methyl sites for hydroxylation is 1. The molecular weight excluding hydrogens is 464 g/mol. The second kappa shape index (κ2) is 11.0. The van der Waals surface area contributed by atoms with E-state index in [-0.39, 0.29) is 0 Å². The fourth-order valence-corrected chi connectivity index (χ4v) is 5.06. The van der Waals surface area contributed by atoms with Crippen molar-refractivity contribution in [3.63, 3.8) is 0 Å². The van der Waals surface area contributed by atoms with E-state index in [0.29, 0.717) is 6.04 Å². The Balaban J connectivity index is 1.31. The molecule has 37 heavy (non-hydrogen) atoms. The van der Waals surface area contributed by atoms with Gasteiger partial charge in [-0.25, -0.2) is 0 Å². The Morgan fingerprint density at radius 2 is 1.54 bits per heavy atom. The van der Waals surface area contributed by atoms with Gasteiger partial charge >= 0.3 is 0 Å². The van der Waals surface area contributed by atoms with E-state index in [4.69, 9.17) is 14.2 Å². The first-order chi connectivity index (χ1) is 18.1. The van der Waals surface area contributed by atoms with Gasteiger partial charge in [0.2, 0.25) is 0 Å². The Kier molecular flexibility index (Phi) is 7.42. The van der Waals surface area contributed by atoms with Crippen molar-refractivity contribution in [1.29, 1.82) is 0 Å². The van der Waals surface area contributed by atoms with Gasteiger partial charge in [0.05, 0.1) is 21.3 Å². The third-order valence-electron chi connectivity index (χ3n) is 7.14. The van der Waals surface area contributed by atoms with Gasteiger partial charge in [-0.15, -0.1) is 10.2 Å². The lowest BCUT2D eigenvalue weighted by atomic mass is 10.0. The summed E-state index contributed by atoms with van der Waals surface area (Å²) in [6.07, 6.45) is 2.09. The fourth-order valence-electron chi connectivity index (χ4n) is 5.06. The number of piperidine rings is 1. The molecule has 0 bridgehead atoms. The van der Waals surface area contributed by atoms with Crippen molar-refractivity contribution >= 4 is 16.6 Å². The minimum absolute atomic E-state index is 0.337. The van der Waals surface area contributed by atoms with Gasteiger partial charge in [-0.05, 0) is 79.4 Å². The molecule has 0 radical (unpaired) electrons. The minimum Gasteiger partial charge on any atom is -0.497 e. The highest BCUT2D eigenvalue weighted by Crippen LogP contribution is 2.34. The lowest BCUT2D eigenvalue weighted by molar-refractivity contribution is 0.211. The van der Waals surface area contributed by atoms with E-state index >= 15 is 0 Å². The molecule has 5 rings (SSSR count). The summed E-state index contributed by atoms with van der Waals surface area (Å²) in [5.41, 5.74) is 4.34. The number of hydrogen-bond acceptors (Lipinski definition) is 7. The normalized spacial score (nSPS) is 14.5. The van der Waals surface area contributed by atoms with E-state index in [0.717, 1.165) is 77.6 Å². The average Bonchev–Trinajstić information content (AvgIpc) is 2.94. The van der Waals surface area contributed by atoms with Crippen LogP contribution in [-0.2, 0) is 6.54 Å². The molecule has 1 saturated heterocycles. The van der Waals surface area contributed by atoms with Crippen LogP contribution in [0.1, 0.15) is 24.0 Å². The first kappa shape index (κ1) is 24.8. The van der Waals surface area contributed by atoms with Crippen molar-refractivity contribution in [2.24, 2.45) is 0 Å². The van der Waals surface area contributed by atoms with E-state index in [1.165, 1.54) is 11.1 Å². The molecule has 0 aliphatic carbocycles. The van der Waals surface area contributed by atoms with Crippen LogP contribution in [0.2, 0.25) is 0 Å². The molecule has 192 valence electrons. The van der Waals surface area contributed by atoms with Gasteiger partial charge in [-0.1, -0.05) is 12.1 Å². The van der Waals surface area contributed by atoms with E-state index in [9.17, 15) is 0 Å². The number of fused-ring (bicyclic) bond motifs is 1. The summed E-state index contributed by atoms with van der Waals surface area (Å²) in [6, 6.07) is 20.8. The van der Waals surface area contributed by atoms with Crippen LogP contribution in [0.4, 0.5) is 5.82 Å². The van der Waals surface area contributed by atoms with Crippen molar-refractivity contribution in [1.82, 2.24) is 15.1 Å². The van der Waals surface area contributed by atoms with Crippen molar-refractivity contribution in [3.8, 4) is 28.5 Å². The summed E-state index contributed by atoms with van der Waals surface area (Å²) in [5, 5.41) is 15.0. The highest BCUT2D eigenvalue weighted by molar-refractivity contribution is 6.00. The minimum atomic E-state index is 0.337. The summed E-state index contributed by atoms with van der Waals surface area (Å²) in [6.45, 7) is 5.11. The number of nitrogens with one attached hydrogen (secondary N) is 1. The van der Waals surface area contributed by atoms with Crippen LogP contribution in [0.25, 0.3) is 22.0 Å². The van der Waals surface area contributed by atoms with Crippen LogP contribution in [0, 0.1) is 6.92 Å². The Hall–Kier alpha value is -3.84. The molecule has 4 aromatic rings. The number of benzene rings is 3. The number of nitrogens with zero attached hydrogens (tertiary/aromatic N) is 3. The molecule has 1 aliphatic rings. The smallest absolute Gasteiger partial charge is 0.156 e. The molecule has 0 saturated carbocycles. The number of aromatic nitrogens is 2. The second-order valence-electron chi connectivity index (χ2n) is 9.54. The van der Waals surface area contributed by atoms with Gasteiger partial charge in [0.15, 0.2) is 5.82 Å². The molecule has 1 aliphatic heterocycles. The quantitative estimate of drug-likeness (QED) is 0.334. The number of ether oxygens (including phenoxy) is 3. The van der Waals surface area contributed by atoms with Crippen LogP contribution in [0.15, 0.2) is 60.7 Å². The summed E-state index contributed by atoms with van der Waals surface area (Å²) in [4.78, 5) is 2.51. The molecule has 7 heteroatoms. The molecule has 0 spiro atoms. The van der Waals surface area contributed by atoms with Crippen LogP contribution in [0.3, 0.4) is 0 Å². The van der Waals surface area contributed by atoms with Gasteiger partial charge in [-0.3, -0.25) is 4.90 Å². The molecule has 0 unspecified atom stereocenters. The Morgan fingerprint density at radius 1 is 0.811 bits per heavy atom. The Bertz CT molecular complexity index is 1370. The van der Waals surface area contributed by atoms with Gasteiger partial charge in [-0.2, -0.15) is 0 Å². The predicted octanol–water partition coefficient (Wildman–Crippen LogP) is 5.71. The first-order valence-corrected chi connectivity index (χ1v) is 12.7. The summed E-state index contributed by atoms with van der Waals surface area (Å²) in [5.74, 6) is 3.35. The maximum atomic E-state index is 5.53. The molecule has 3 aromatic carbocycles. The highest BCUT2D eigenvalue weighted by Gasteiger charge is 2.21.